The Balaban J connectivity index is 2.42. The first-order chi connectivity index (χ1) is 11.1. The molecular weight excluding hydrogens is 316 g/mol. The molecule has 0 spiro atoms. The predicted molar refractivity (Wildman–Crippen MR) is 88.7 cm³/mol. The summed E-state index contributed by atoms with van der Waals surface area (Å²) >= 11 is 1.24. The number of thioether (sulfide) groups is 1. The third-order valence-electron chi connectivity index (χ3n) is 3.01. The van der Waals surface area contributed by atoms with Crippen LogP contribution in [0.5, 0.6) is 11.5 Å². The van der Waals surface area contributed by atoms with Crippen molar-refractivity contribution < 1.29 is 14.3 Å². The van der Waals surface area contributed by atoms with E-state index in [1.807, 2.05) is 16.7 Å². The molecule has 0 unspecified atom stereocenters. The number of methoxy groups -OCH3 is 2. The molecule has 0 saturated carbocycles. The number of amides is 1. The van der Waals surface area contributed by atoms with Gasteiger partial charge in [0.2, 0.25) is 5.91 Å². The van der Waals surface area contributed by atoms with Crippen molar-refractivity contribution in [1.82, 2.24) is 14.8 Å². The van der Waals surface area contributed by atoms with Gasteiger partial charge in [0.25, 0.3) is 0 Å². The minimum absolute atomic E-state index is 0.140. The molecule has 0 saturated heterocycles. The fourth-order valence-corrected chi connectivity index (χ4v) is 2.70. The van der Waals surface area contributed by atoms with E-state index in [1.54, 1.807) is 26.4 Å². The smallest absolute Gasteiger partial charge is 0.227 e. The molecule has 0 atom stereocenters. The Morgan fingerprint density at radius 2 is 2.09 bits per heavy atom. The fraction of sp³-hybridized carbons (Fsp3) is 0.267. The summed E-state index contributed by atoms with van der Waals surface area (Å²) in [5, 5.41) is 8.94. The SMILES string of the molecule is C=CCn1c(SCC(N)=O)nnc1-c1ccc(OC)c(OC)c1. The molecule has 1 amide bonds. The molecule has 7 nitrogen and oxygen atoms in total. The van der Waals surface area contributed by atoms with Gasteiger partial charge in [0.05, 0.1) is 20.0 Å². The highest BCUT2D eigenvalue weighted by molar-refractivity contribution is 7.99. The van der Waals surface area contributed by atoms with Gasteiger partial charge in [-0.15, -0.1) is 16.8 Å². The molecule has 1 aromatic heterocycles. The highest BCUT2D eigenvalue weighted by Gasteiger charge is 2.16. The highest BCUT2D eigenvalue weighted by atomic mass is 32.2. The van der Waals surface area contributed by atoms with E-state index < -0.39 is 5.91 Å². The Labute approximate surface area is 138 Å². The first-order valence-electron chi connectivity index (χ1n) is 6.78. The molecule has 0 radical (unpaired) electrons. The van der Waals surface area contributed by atoms with Gasteiger partial charge in [0, 0.05) is 12.1 Å². The topological polar surface area (TPSA) is 92.3 Å². The van der Waals surface area contributed by atoms with Gasteiger partial charge in [0.15, 0.2) is 22.5 Å². The summed E-state index contributed by atoms with van der Waals surface area (Å²) in [5.41, 5.74) is 6.01. The normalized spacial score (nSPS) is 10.3. The summed E-state index contributed by atoms with van der Waals surface area (Å²) in [4.78, 5) is 11.0. The number of carbonyl (C=O) groups excluding carboxylic acids is 1. The maximum atomic E-state index is 11.0. The first-order valence-corrected chi connectivity index (χ1v) is 7.76. The summed E-state index contributed by atoms with van der Waals surface area (Å²) in [6, 6.07) is 5.50. The van der Waals surface area contributed by atoms with Gasteiger partial charge in [-0.1, -0.05) is 17.8 Å². The third kappa shape index (κ3) is 3.84. The largest absolute Gasteiger partial charge is 0.493 e. The number of hydrogen-bond donors (Lipinski definition) is 1. The lowest BCUT2D eigenvalue weighted by Crippen LogP contribution is -2.13. The lowest BCUT2D eigenvalue weighted by atomic mass is 10.2. The van der Waals surface area contributed by atoms with Crippen molar-refractivity contribution in [2.24, 2.45) is 5.73 Å². The number of benzene rings is 1. The Morgan fingerprint density at radius 3 is 2.70 bits per heavy atom. The zero-order valence-electron chi connectivity index (χ0n) is 13.0. The van der Waals surface area contributed by atoms with Gasteiger partial charge >= 0.3 is 0 Å². The van der Waals surface area contributed by atoms with Crippen molar-refractivity contribution in [2.45, 2.75) is 11.7 Å². The monoisotopic (exact) mass is 334 g/mol. The Bertz CT molecular complexity index is 715. The number of ether oxygens (including phenoxy) is 2. The van der Waals surface area contributed by atoms with Gasteiger partial charge in [-0.05, 0) is 18.2 Å². The number of nitrogens with zero attached hydrogens (tertiary/aromatic N) is 3. The van der Waals surface area contributed by atoms with Crippen molar-refractivity contribution in [1.29, 1.82) is 0 Å². The molecule has 2 aromatic rings. The van der Waals surface area contributed by atoms with Crippen LogP contribution in [0.1, 0.15) is 0 Å². The summed E-state index contributed by atoms with van der Waals surface area (Å²) in [7, 11) is 3.15. The quantitative estimate of drug-likeness (QED) is 0.584. The lowest BCUT2D eigenvalue weighted by Gasteiger charge is -2.10. The standard InChI is InChI=1S/C15H18N4O3S/c1-4-7-19-14(17-18-15(19)23-9-13(16)20)10-5-6-11(21-2)12(8-10)22-3/h4-6,8H,1,7,9H2,2-3H3,(H2,16,20). The molecule has 0 aliphatic rings. The maximum absolute atomic E-state index is 11.0. The van der Waals surface area contributed by atoms with Crippen molar-refractivity contribution in [3.8, 4) is 22.9 Å². The lowest BCUT2D eigenvalue weighted by molar-refractivity contribution is -0.115. The van der Waals surface area contributed by atoms with Crippen LogP contribution in [0.4, 0.5) is 0 Å². The Kier molecular flexibility index (Phi) is 5.64. The summed E-state index contributed by atoms with van der Waals surface area (Å²) in [6.07, 6.45) is 1.74. The van der Waals surface area contributed by atoms with Crippen LogP contribution in [0.25, 0.3) is 11.4 Å². The molecule has 8 heteroatoms. The van der Waals surface area contributed by atoms with Crippen LogP contribution < -0.4 is 15.2 Å². The number of aromatic nitrogens is 3. The minimum atomic E-state index is -0.407. The average Bonchev–Trinajstić information content (AvgIpc) is 2.95. The summed E-state index contributed by atoms with van der Waals surface area (Å²) < 4.78 is 12.4. The molecule has 1 heterocycles. The molecule has 23 heavy (non-hydrogen) atoms. The van der Waals surface area contributed by atoms with E-state index in [1.165, 1.54) is 11.8 Å². The van der Waals surface area contributed by atoms with Gasteiger partial charge in [-0.2, -0.15) is 0 Å². The molecule has 1 aromatic carbocycles. The predicted octanol–water partition coefficient (Wildman–Crippen LogP) is 1.73. The van der Waals surface area contributed by atoms with Crippen molar-refractivity contribution in [2.75, 3.05) is 20.0 Å². The van der Waals surface area contributed by atoms with E-state index in [0.29, 0.717) is 29.0 Å². The van der Waals surface area contributed by atoms with Gasteiger partial charge in [-0.3, -0.25) is 9.36 Å². The van der Waals surface area contributed by atoms with Crippen molar-refractivity contribution >= 4 is 17.7 Å². The molecule has 0 aliphatic carbocycles. The second-order valence-corrected chi connectivity index (χ2v) is 5.47. The molecule has 0 aliphatic heterocycles. The zero-order chi connectivity index (χ0) is 16.8. The fourth-order valence-electron chi connectivity index (χ4n) is 2.01. The van der Waals surface area contributed by atoms with E-state index >= 15 is 0 Å². The van der Waals surface area contributed by atoms with Crippen molar-refractivity contribution in [3.63, 3.8) is 0 Å². The first kappa shape index (κ1) is 16.9. The number of carbonyl (C=O) groups is 1. The molecule has 2 rings (SSSR count). The third-order valence-corrected chi connectivity index (χ3v) is 4.00. The molecule has 0 bridgehead atoms. The summed E-state index contributed by atoms with van der Waals surface area (Å²) in [5.74, 6) is 1.62. The van der Waals surface area contributed by atoms with Crippen molar-refractivity contribution in [3.05, 3.63) is 30.9 Å². The van der Waals surface area contributed by atoms with Gasteiger partial charge in [0.1, 0.15) is 0 Å². The van der Waals surface area contributed by atoms with Crippen LogP contribution in [-0.4, -0.2) is 40.6 Å². The summed E-state index contributed by atoms with van der Waals surface area (Å²) in [6.45, 7) is 4.26. The minimum Gasteiger partial charge on any atom is -0.493 e. The average molecular weight is 334 g/mol. The number of rotatable bonds is 8. The van der Waals surface area contributed by atoms with Crippen LogP contribution in [0.2, 0.25) is 0 Å². The van der Waals surface area contributed by atoms with Gasteiger partial charge in [-0.25, -0.2) is 0 Å². The molecule has 122 valence electrons. The van der Waals surface area contributed by atoms with E-state index in [9.17, 15) is 4.79 Å². The van der Waals surface area contributed by atoms with E-state index in [-0.39, 0.29) is 5.75 Å². The second kappa shape index (κ2) is 7.68. The van der Waals surface area contributed by atoms with Crippen LogP contribution in [0.15, 0.2) is 36.0 Å². The number of primary amides is 1. The number of allylic oxidation sites excluding steroid dienone is 1. The van der Waals surface area contributed by atoms with Crippen LogP contribution >= 0.6 is 11.8 Å². The number of hydrogen-bond acceptors (Lipinski definition) is 6. The van der Waals surface area contributed by atoms with Crippen LogP contribution in [0.3, 0.4) is 0 Å². The highest BCUT2D eigenvalue weighted by Crippen LogP contribution is 2.32. The molecular formula is C15H18N4O3S. The molecule has 2 N–H and O–H groups in total. The zero-order valence-corrected chi connectivity index (χ0v) is 13.8. The molecule has 0 fully saturated rings. The second-order valence-electron chi connectivity index (χ2n) is 4.53. The van der Waals surface area contributed by atoms with Crippen LogP contribution in [-0.2, 0) is 11.3 Å². The number of nitrogens with two attached hydrogens (primary N) is 1. The Hall–Kier alpha value is -2.48. The maximum Gasteiger partial charge on any atom is 0.227 e. The van der Waals surface area contributed by atoms with E-state index in [0.717, 1.165) is 5.56 Å². The van der Waals surface area contributed by atoms with E-state index in [2.05, 4.69) is 16.8 Å². The van der Waals surface area contributed by atoms with Crippen LogP contribution in [0, 0.1) is 0 Å². The van der Waals surface area contributed by atoms with Gasteiger partial charge < -0.3 is 15.2 Å². The Morgan fingerprint density at radius 1 is 1.35 bits per heavy atom. The van der Waals surface area contributed by atoms with E-state index in [4.69, 9.17) is 15.2 Å².